The molecule has 9 heteroatoms. The average Bonchev–Trinajstić information content (AvgIpc) is 2.97. The average molecular weight is 664 g/mol. The van der Waals surface area contributed by atoms with E-state index in [2.05, 4.69) is 19.2 Å². The number of carbonyl (C=O) groups is 1. The minimum atomic E-state index is -4.29. The van der Waals surface area contributed by atoms with E-state index in [1.54, 1.807) is 0 Å². The SMILES string of the molecule is CCCCCCCCCCCCCCCCCCCCC(O)C(COP(=O)(O)OCC[N+](C)(C)C)NC(=O)CCCCCCC. The number of rotatable bonds is 34. The van der Waals surface area contributed by atoms with Crippen LogP contribution >= 0.6 is 7.82 Å². The first-order valence-corrected chi connectivity index (χ1v) is 20.4. The summed E-state index contributed by atoms with van der Waals surface area (Å²) in [6.45, 7) is 4.80. The van der Waals surface area contributed by atoms with Crippen molar-refractivity contribution in [3.8, 4) is 0 Å². The summed E-state index contributed by atoms with van der Waals surface area (Å²) in [6.07, 6.45) is 28.7. The van der Waals surface area contributed by atoms with Crippen LogP contribution in [-0.4, -0.2) is 73.4 Å². The third-order valence-corrected chi connectivity index (χ3v) is 9.59. The number of phosphoric acid groups is 1. The molecule has 45 heavy (non-hydrogen) atoms. The molecular weight excluding hydrogens is 587 g/mol. The molecule has 270 valence electrons. The highest BCUT2D eigenvalue weighted by Gasteiger charge is 2.28. The van der Waals surface area contributed by atoms with Crippen LogP contribution in [0.3, 0.4) is 0 Å². The van der Waals surface area contributed by atoms with E-state index in [0.29, 0.717) is 23.9 Å². The number of phosphoric ester groups is 1. The summed E-state index contributed by atoms with van der Waals surface area (Å²) in [7, 11) is 1.62. The molecule has 0 fully saturated rings. The number of hydrogen-bond acceptors (Lipinski definition) is 5. The zero-order valence-electron chi connectivity index (χ0n) is 30.4. The highest BCUT2D eigenvalue weighted by Crippen LogP contribution is 2.43. The summed E-state index contributed by atoms with van der Waals surface area (Å²) in [5.41, 5.74) is 0. The van der Waals surface area contributed by atoms with Crippen molar-refractivity contribution in [3.05, 3.63) is 0 Å². The van der Waals surface area contributed by atoms with Gasteiger partial charge in [-0.3, -0.25) is 13.8 Å². The predicted octanol–water partition coefficient (Wildman–Crippen LogP) is 9.46. The summed E-state index contributed by atoms with van der Waals surface area (Å²) in [6, 6.07) is -0.749. The normalized spacial score (nSPS) is 14.7. The number of quaternary nitrogens is 1. The van der Waals surface area contributed by atoms with Crippen molar-refractivity contribution in [2.75, 3.05) is 40.9 Å². The zero-order valence-corrected chi connectivity index (χ0v) is 31.3. The van der Waals surface area contributed by atoms with E-state index in [9.17, 15) is 19.4 Å². The Kier molecular flexibility index (Phi) is 29.3. The Morgan fingerprint density at radius 1 is 0.667 bits per heavy atom. The maximum absolute atomic E-state index is 12.6. The topological polar surface area (TPSA) is 105 Å². The van der Waals surface area contributed by atoms with Gasteiger partial charge in [0.05, 0.1) is 39.9 Å². The highest BCUT2D eigenvalue weighted by atomic mass is 31.2. The molecular formula is C36H76N2O6P+. The van der Waals surface area contributed by atoms with Crippen LogP contribution in [-0.2, 0) is 18.4 Å². The number of aliphatic hydroxyl groups excluding tert-OH is 1. The molecule has 0 aromatic heterocycles. The number of amides is 1. The molecule has 1 amide bonds. The minimum absolute atomic E-state index is 0.0773. The summed E-state index contributed by atoms with van der Waals surface area (Å²) >= 11 is 0. The first kappa shape index (κ1) is 44.5. The Balaban J connectivity index is 4.22. The molecule has 3 atom stereocenters. The third-order valence-electron chi connectivity index (χ3n) is 8.61. The Morgan fingerprint density at radius 2 is 1.07 bits per heavy atom. The van der Waals surface area contributed by atoms with Crippen LogP contribution in [0.25, 0.3) is 0 Å². The van der Waals surface area contributed by atoms with Crippen molar-refractivity contribution in [3.63, 3.8) is 0 Å². The van der Waals surface area contributed by atoms with Gasteiger partial charge in [-0.15, -0.1) is 0 Å². The van der Waals surface area contributed by atoms with E-state index in [0.717, 1.165) is 51.4 Å². The van der Waals surface area contributed by atoms with E-state index in [4.69, 9.17) is 9.05 Å². The van der Waals surface area contributed by atoms with Crippen molar-refractivity contribution in [1.29, 1.82) is 0 Å². The van der Waals surface area contributed by atoms with Crippen LogP contribution in [0.15, 0.2) is 0 Å². The molecule has 0 aromatic rings. The monoisotopic (exact) mass is 664 g/mol. The molecule has 0 aliphatic heterocycles. The number of aliphatic hydroxyl groups is 1. The Labute approximate surface area is 279 Å². The van der Waals surface area contributed by atoms with E-state index in [1.807, 2.05) is 21.1 Å². The fraction of sp³-hybridized carbons (Fsp3) is 0.972. The standard InChI is InChI=1S/C36H75N2O6P/c1-6-8-10-12-13-14-15-16-17-18-19-20-21-22-23-24-26-27-29-35(39)34(37-36(40)30-28-25-11-9-7-2)33-44-45(41,42)43-32-31-38(3,4)5/h34-35,39H,6-33H2,1-5H3,(H-,37,40,41,42)/p+1. The van der Waals surface area contributed by atoms with Gasteiger partial charge in [-0.25, -0.2) is 4.57 Å². The van der Waals surface area contributed by atoms with E-state index in [-0.39, 0.29) is 19.1 Å². The molecule has 0 heterocycles. The fourth-order valence-corrected chi connectivity index (χ4v) is 6.25. The maximum Gasteiger partial charge on any atom is 0.472 e. The fourth-order valence-electron chi connectivity index (χ4n) is 5.52. The summed E-state index contributed by atoms with van der Waals surface area (Å²) < 4.78 is 23.4. The van der Waals surface area contributed by atoms with Gasteiger partial charge in [0.15, 0.2) is 0 Å². The second kappa shape index (κ2) is 29.6. The lowest BCUT2D eigenvalue weighted by atomic mass is 10.0. The third kappa shape index (κ3) is 31.8. The molecule has 8 nitrogen and oxygen atoms in total. The number of likely N-dealkylation sites (N-methyl/N-ethyl adjacent to an activating group) is 1. The quantitative estimate of drug-likeness (QED) is 0.0360. The predicted molar refractivity (Wildman–Crippen MR) is 189 cm³/mol. The van der Waals surface area contributed by atoms with Crippen LogP contribution < -0.4 is 5.32 Å². The molecule has 0 bridgehead atoms. The van der Waals surface area contributed by atoms with E-state index >= 15 is 0 Å². The van der Waals surface area contributed by atoms with Crippen LogP contribution in [0.2, 0.25) is 0 Å². The smallest absolute Gasteiger partial charge is 0.391 e. The van der Waals surface area contributed by atoms with Crippen molar-refractivity contribution in [2.45, 2.75) is 187 Å². The van der Waals surface area contributed by atoms with E-state index in [1.165, 1.54) is 96.3 Å². The van der Waals surface area contributed by atoms with Crippen molar-refractivity contribution < 1.29 is 32.9 Å². The molecule has 0 spiro atoms. The van der Waals surface area contributed by atoms with Crippen molar-refractivity contribution in [2.24, 2.45) is 0 Å². The van der Waals surface area contributed by atoms with Gasteiger partial charge in [0.2, 0.25) is 5.91 Å². The second-order valence-corrected chi connectivity index (χ2v) is 15.8. The molecule has 0 aliphatic carbocycles. The highest BCUT2D eigenvalue weighted by molar-refractivity contribution is 7.47. The van der Waals surface area contributed by atoms with Crippen molar-refractivity contribution >= 4 is 13.7 Å². The molecule has 0 saturated heterocycles. The van der Waals surface area contributed by atoms with Gasteiger partial charge in [0.1, 0.15) is 13.2 Å². The molecule has 0 rings (SSSR count). The number of nitrogens with one attached hydrogen (secondary N) is 1. The lowest BCUT2D eigenvalue weighted by Crippen LogP contribution is -2.46. The van der Waals surface area contributed by atoms with Gasteiger partial charge in [-0.1, -0.05) is 155 Å². The summed E-state index contributed by atoms with van der Waals surface area (Å²) in [5, 5.41) is 13.8. The summed E-state index contributed by atoms with van der Waals surface area (Å²) in [5.74, 6) is -0.157. The molecule has 3 unspecified atom stereocenters. The first-order valence-electron chi connectivity index (χ1n) is 18.9. The zero-order chi connectivity index (χ0) is 33.7. The Bertz CT molecular complexity index is 718. The minimum Gasteiger partial charge on any atom is -0.391 e. The molecule has 0 saturated carbocycles. The van der Waals surface area contributed by atoms with Crippen LogP contribution in [0, 0.1) is 0 Å². The lowest BCUT2D eigenvalue weighted by Gasteiger charge is -2.26. The first-order chi connectivity index (χ1) is 21.5. The molecule has 0 radical (unpaired) electrons. The van der Waals surface area contributed by atoms with Gasteiger partial charge in [0.25, 0.3) is 0 Å². The molecule has 0 aromatic carbocycles. The summed E-state index contributed by atoms with van der Waals surface area (Å²) in [4.78, 5) is 22.7. The maximum atomic E-state index is 12.6. The van der Waals surface area contributed by atoms with Gasteiger partial charge in [0, 0.05) is 6.42 Å². The van der Waals surface area contributed by atoms with Crippen molar-refractivity contribution in [1.82, 2.24) is 5.32 Å². The van der Waals surface area contributed by atoms with Gasteiger partial charge in [-0.2, -0.15) is 0 Å². The van der Waals surface area contributed by atoms with Gasteiger partial charge in [-0.05, 0) is 12.8 Å². The van der Waals surface area contributed by atoms with Crippen LogP contribution in [0.1, 0.15) is 174 Å². The number of carbonyl (C=O) groups excluding carboxylic acids is 1. The van der Waals surface area contributed by atoms with E-state index < -0.39 is 20.0 Å². The number of unbranched alkanes of at least 4 members (excludes halogenated alkanes) is 21. The Morgan fingerprint density at radius 3 is 1.49 bits per heavy atom. The van der Waals surface area contributed by atoms with Crippen LogP contribution in [0.5, 0.6) is 0 Å². The van der Waals surface area contributed by atoms with Gasteiger partial charge >= 0.3 is 7.82 Å². The molecule has 3 N–H and O–H groups in total. The Hall–Kier alpha value is -0.500. The lowest BCUT2D eigenvalue weighted by molar-refractivity contribution is -0.870. The number of hydrogen-bond donors (Lipinski definition) is 3. The second-order valence-electron chi connectivity index (χ2n) is 14.3. The van der Waals surface area contributed by atoms with Gasteiger partial charge < -0.3 is 19.8 Å². The molecule has 0 aliphatic rings. The van der Waals surface area contributed by atoms with Crippen LogP contribution in [0.4, 0.5) is 0 Å². The largest absolute Gasteiger partial charge is 0.472 e. The number of nitrogens with zero attached hydrogens (tertiary/aromatic N) is 1.